The lowest BCUT2D eigenvalue weighted by Crippen LogP contribution is -2.20. The third-order valence-electron chi connectivity index (χ3n) is 3.59. The molecule has 0 bridgehead atoms. The molecule has 0 atom stereocenters. The Labute approximate surface area is 126 Å². The van der Waals surface area contributed by atoms with E-state index in [-0.39, 0.29) is 5.41 Å². The molecule has 2 aromatic heterocycles. The summed E-state index contributed by atoms with van der Waals surface area (Å²) in [6, 6.07) is 2.13. The van der Waals surface area contributed by atoms with Crippen LogP contribution in [-0.4, -0.2) is 19.7 Å². The Balaban J connectivity index is 2.68. The number of nitrogens with zero attached hydrogens (tertiary/aromatic N) is 4. The fourth-order valence-electron chi connectivity index (χ4n) is 2.15. The summed E-state index contributed by atoms with van der Waals surface area (Å²) in [5.41, 5.74) is 9.04. The second-order valence-corrected chi connectivity index (χ2v) is 6.38. The molecule has 0 aromatic carbocycles. The Hall–Kier alpha value is -1.91. The Bertz CT molecular complexity index is 649. The summed E-state index contributed by atoms with van der Waals surface area (Å²) in [5.74, 6) is 2.07. The van der Waals surface area contributed by atoms with Gasteiger partial charge in [-0.3, -0.25) is 0 Å². The van der Waals surface area contributed by atoms with Crippen LogP contribution in [0.15, 0.2) is 6.07 Å². The molecule has 2 N–H and O–H groups in total. The van der Waals surface area contributed by atoms with Crippen molar-refractivity contribution >= 4 is 5.82 Å². The highest BCUT2D eigenvalue weighted by Gasteiger charge is 2.22. The maximum Gasteiger partial charge on any atom is 0.162 e. The number of aromatic nitrogens is 4. The molecule has 0 aliphatic rings. The first kappa shape index (κ1) is 15.5. The predicted molar refractivity (Wildman–Crippen MR) is 85.8 cm³/mol. The van der Waals surface area contributed by atoms with Crippen molar-refractivity contribution in [1.29, 1.82) is 0 Å². The fourth-order valence-corrected chi connectivity index (χ4v) is 2.15. The summed E-state index contributed by atoms with van der Waals surface area (Å²) in [5, 5.41) is 4.67. The number of aryl methyl sites for hydroxylation is 2. The molecule has 114 valence electrons. The summed E-state index contributed by atoms with van der Waals surface area (Å²) in [6.07, 6.45) is 1.81. The Morgan fingerprint density at radius 3 is 2.33 bits per heavy atom. The van der Waals surface area contributed by atoms with Gasteiger partial charge in [-0.15, -0.1) is 0 Å². The lowest BCUT2D eigenvalue weighted by Gasteiger charge is -2.19. The van der Waals surface area contributed by atoms with Gasteiger partial charge in [0.15, 0.2) is 5.82 Å². The molecule has 5 nitrogen and oxygen atoms in total. The van der Waals surface area contributed by atoms with Crippen LogP contribution in [0.4, 0.5) is 5.82 Å². The molecule has 0 unspecified atom stereocenters. The van der Waals surface area contributed by atoms with E-state index < -0.39 is 0 Å². The van der Waals surface area contributed by atoms with Crippen molar-refractivity contribution in [3.8, 4) is 5.82 Å². The van der Waals surface area contributed by atoms with Crippen LogP contribution in [0, 0.1) is 6.92 Å². The van der Waals surface area contributed by atoms with Crippen LogP contribution in [0.25, 0.3) is 5.82 Å². The molecule has 0 radical (unpaired) electrons. The van der Waals surface area contributed by atoms with Crippen LogP contribution in [0.1, 0.15) is 57.4 Å². The molecule has 0 spiro atoms. The zero-order chi connectivity index (χ0) is 15.8. The molecular weight excluding hydrogens is 262 g/mol. The van der Waals surface area contributed by atoms with Crippen molar-refractivity contribution in [1.82, 2.24) is 19.7 Å². The molecular formula is C16H25N5. The van der Waals surface area contributed by atoms with Gasteiger partial charge in [0.1, 0.15) is 11.6 Å². The smallest absolute Gasteiger partial charge is 0.162 e. The van der Waals surface area contributed by atoms with Crippen LogP contribution < -0.4 is 5.73 Å². The molecule has 5 heteroatoms. The third kappa shape index (κ3) is 2.91. The largest absolute Gasteiger partial charge is 0.383 e. The first-order valence-electron chi connectivity index (χ1n) is 7.50. The van der Waals surface area contributed by atoms with E-state index in [1.54, 1.807) is 0 Å². The van der Waals surface area contributed by atoms with Crippen LogP contribution in [-0.2, 0) is 18.3 Å². The minimum atomic E-state index is -0.149. The van der Waals surface area contributed by atoms with Crippen molar-refractivity contribution in [3.05, 3.63) is 28.8 Å². The van der Waals surface area contributed by atoms with Gasteiger partial charge in [-0.25, -0.2) is 14.6 Å². The van der Waals surface area contributed by atoms with E-state index in [1.807, 2.05) is 11.6 Å². The predicted octanol–water partition coefficient (Wildman–Crippen LogP) is 2.98. The van der Waals surface area contributed by atoms with Gasteiger partial charge in [0.25, 0.3) is 0 Å². The van der Waals surface area contributed by atoms with Gasteiger partial charge in [0, 0.05) is 16.7 Å². The van der Waals surface area contributed by atoms with Gasteiger partial charge < -0.3 is 5.73 Å². The first-order valence-corrected chi connectivity index (χ1v) is 7.50. The number of nitrogens with two attached hydrogens (primary N) is 1. The van der Waals surface area contributed by atoms with E-state index in [4.69, 9.17) is 10.7 Å². The molecule has 2 aromatic rings. The van der Waals surface area contributed by atoms with Gasteiger partial charge in [-0.05, 0) is 25.8 Å². The Kier molecular flexibility index (Phi) is 4.03. The average molecular weight is 287 g/mol. The quantitative estimate of drug-likeness (QED) is 0.942. The van der Waals surface area contributed by atoms with Crippen molar-refractivity contribution in [2.75, 3.05) is 5.73 Å². The van der Waals surface area contributed by atoms with Gasteiger partial charge in [-0.2, -0.15) is 5.10 Å². The van der Waals surface area contributed by atoms with Crippen LogP contribution in [0.3, 0.4) is 0 Å². The zero-order valence-corrected chi connectivity index (χ0v) is 13.9. The fraction of sp³-hybridized carbons (Fsp3) is 0.562. The third-order valence-corrected chi connectivity index (χ3v) is 3.59. The summed E-state index contributed by atoms with van der Waals surface area (Å²) >= 11 is 0. The molecule has 2 rings (SSSR count). The Morgan fingerprint density at radius 1 is 1.14 bits per heavy atom. The second kappa shape index (κ2) is 5.47. The van der Waals surface area contributed by atoms with Gasteiger partial charge in [0.2, 0.25) is 0 Å². The number of anilines is 1. The lowest BCUT2D eigenvalue weighted by atomic mass is 9.95. The minimum Gasteiger partial charge on any atom is -0.383 e. The van der Waals surface area contributed by atoms with E-state index in [0.29, 0.717) is 5.82 Å². The maximum atomic E-state index is 6.09. The SMILES string of the molecule is CCc1cc(CC)n(-c2nc(C(C)(C)C)nc(N)c2C)n1. The van der Waals surface area contributed by atoms with Crippen molar-refractivity contribution in [2.24, 2.45) is 0 Å². The highest BCUT2D eigenvalue weighted by molar-refractivity contribution is 5.49. The molecule has 21 heavy (non-hydrogen) atoms. The lowest BCUT2D eigenvalue weighted by molar-refractivity contribution is 0.541. The molecule has 0 saturated heterocycles. The molecule has 0 aliphatic carbocycles. The van der Waals surface area contributed by atoms with E-state index in [1.165, 1.54) is 0 Å². The average Bonchev–Trinajstić information content (AvgIpc) is 2.83. The highest BCUT2D eigenvalue weighted by atomic mass is 15.3. The van der Waals surface area contributed by atoms with E-state index >= 15 is 0 Å². The molecule has 0 fully saturated rings. The van der Waals surface area contributed by atoms with Crippen LogP contribution in [0.5, 0.6) is 0 Å². The standard InChI is InChI=1S/C16H25N5/c1-7-11-9-12(8-2)21(20-11)14-10(3)13(17)18-15(19-14)16(4,5)6/h9H,7-8H2,1-6H3,(H2,17,18,19). The minimum absolute atomic E-state index is 0.149. The number of hydrogen-bond acceptors (Lipinski definition) is 4. The topological polar surface area (TPSA) is 69.6 Å². The van der Waals surface area contributed by atoms with Gasteiger partial charge in [0.05, 0.1) is 5.69 Å². The van der Waals surface area contributed by atoms with E-state index in [9.17, 15) is 0 Å². The number of hydrogen-bond donors (Lipinski definition) is 1. The summed E-state index contributed by atoms with van der Waals surface area (Å²) < 4.78 is 1.92. The van der Waals surface area contributed by atoms with Crippen molar-refractivity contribution in [2.45, 2.75) is 59.8 Å². The van der Waals surface area contributed by atoms with E-state index in [2.05, 4.69) is 50.8 Å². The summed E-state index contributed by atoms with van der Waals surface area (Å²) in [4.78, 5) is 9.18. The molecule has 2 heterocycles. The highest BCUT2D eigenvalue weighted by Crippen LogP contribution is 2.25. The van der Waals surface area contributed by atoms with E-state index in [0.717, 1.165) is 41.4 Å². The molecule has 0 saturated carbocycles. The summed E-state index contributed by atoms with van der Waals surface area (Å²) in [6.45, 7) is 12.4. The number of rotatable bonds is 3. The maximum absolute atomic E-state index is 6.09. The van der Waals surface area contributed by atoms with Crippen molar-refractivity contribution < 1.29 is 0 Å². The Morgan fingerprint density at radius 2 is 1.81 bits per heavy atom. The molecule has 0 aliphatic heterocycles. The monoisotopic (exact) mass is 287 g/mol. The number of nitrogen functional groups attached to an aromatic ring is 1. The second-order valence-electron chi connectivity index (χ2n) is 6.38. The van der Waals surface area contributed by atoms with Gasteiger partial charge >= 0.3 is 0 Å². The molecule has 0 amide bonds. The van der Waals surface area contributed by atoms with Crippen LogP contribution in [0.2, 0.25) is 0 Å². The summed E-state index contributed by atoms with van der Waals surface area (Å²) in [7, 11) is 0. The first-order chi connectivity index (χ1) is 9.77. The van der Waals surface area contributed by atoms with Gasteiger partial charge in [-0.1, -0.05) is 34.6 Å². The normalized spacial score (nSPS) is 11.9. The zero-order valence-electron chi connectivity index (χ0n) is 13.9. The van der Waals surface area contributed by atoms with Crippen LogP contribution >= 0.6 is 0 Å². The van der Waals surface area contributed by atoms with Crippen molar-refractivity contribution in [3.63, 3.8) is 0 Å².